The van der Waals surface area contributed by atoms with Crippen LogP contribution in [0.25, 0.3) is 0 Å². The highest BCUT2D eigenvalue weighted by Gasteiger charge is 2.07. The summed E-state index contributed by atoms with van der Waals surface area (Å²) in [6, 6.07) is 5.78. The molecule has 100 valence electrons. The van der Waals surface area contributed by atoms with Crippen LogP contribution in [0.1, 0.15) is 11.4 Å². The third-order valence-electron chi connectivity index (χ3n) is 2.72. The smallest absolute Gasteiger partial charge is 0.293 e. The van der Waals surface area contributed by atoms with Crippen LogP contribution >= 0.6 is 0 Å². The second-order valence-electron chi connectivity index (χ2n) is 4.13. The molecule has 0 aliphatic rings. The third-order valence-corrected chi connectivity index (χ3v) is 2.72. The number of ether oxygens (including phenoxy) is 1. The van der Waals surface area contributed by atoms with Crippen molar-refractivity contribution in [2.24, 2.45) is 7.05 Å². The van der Waals surface area contributed by atoms with Gasteiger partial charge in [0.15, 0.2) is 0 Å². The van der Waals surface area contributed by atoms with Crippen molar-refractivity contribution in [2.75, 3.05) is 11.9 Å². The molecular weight excluding hydrogens is 244 g/mol. The van der Waals surface area contributed by atoms with Gasteiger partial charge in [-0.3, -0.25) is 14.5 Å². The maximum absolute atomic E-state index is 10.2. The Hall–Kier alpha value is -2.37. The van der Waals surface area contributed by atoms with Gasteiger partial charge in [-0.25, -0.2) is 0 Å². The van der Waals surface area contributed by atoms with Crippen LogP contribution in [0.4, 0.5) is 11.5 Å². The molecule has 2 aromatic heterocycles. The van der Waals surface area contributed by atoms with Crippen LogP contribution in [-0.2, 0) is 23.0 Å². The summed E-state index contributed by atoms with van der Waals surface area (Å²) in [5.74, 6) is 0.878. The summed E-state index contributed by atoms with van der Waals surface area (Å²) in [7, 11) is 1.86. The maximum atomic E-state index is 10.2. The van der Waals surface area contributed by atoms with Crippen LogP contribution in [0.5, 0.6) is 0 Å². The SMILES string of the molecule is Cc1ccc(Nc2ccnn2C)c(CCOC=O)n1. The largest absolute Gasteiger partial charge is 0.467 e. The molecule has 0 amide bonds. The van der Waals surface area contributed by atoms with Gasteiger partial charge in [-0.2, -0.15) is 5.10 Å². The van der Waals surface area contributed by atoms with Crippen molar-refractivity contribution in [3.05, 3.63) is 35.8 Å². The lowest BCUT2D eigenvalue weighted by atomic mass is 10.2. The summed E-state index contributed by atoms with van der Waals surface area (Å²) >= 11 is 0. The van der Waals surface area contributed by atoms with E-state index in [4.69, 9.17) is 4.74 Å². The number of carbonyl (C=O) groups is 1. The molecule has 0 spiro atoms. The van der Waals surface area contributed by atoms with E-state index in [9.17, 15) is 4.79 Å². The third kappa shape index (κ3) is 3.31. The summed E-state index contributed by atoms with van der Waals surface area (Å²) in [6.45, 7) is 2.70. The van der Waals surface area contributed by atoms with Gasteiger partial charge in [0.05, 0.1) is 24.2 Å². The minimum absolute atomic E-state index is 0.319. The van der Waals surface area contributed by atoms with Crippen LogP contribution < -0.4 is 5.32 Å². The predicted octanol–water partition coefficient (Wildman–Crippen LogP) is 1.58. The summed E-state index contributed by atoms with van der Waals surface area (Å²) in [6.07, 6.45) is 2.29. The standard InChI is InChI=1S/C13H16N4O2/c1-10-3-4-11(12(15-10)6-8-19-9-18)16-13-5-7-14-17(13)2/h3-5,7,9,16H,6,8H2,1-2H3. The van der Waals surface area contributed by atoms with Gasteiger partial charge in [0.1, 0.15) is 5.82 Å². The number of aromatic nitrogens is 3. The van der Waals surface area contributed by atoms with E-state index < -0.39 is 0 Å². The zero-order chi connectivity index (χ0) is 13.7. The van der Waals surface area contributed by atoms with Crippen molar-refractivity contribution in [3.8, 4) is 0 Å². The van der Waals surface area contributed by atoms with Crippen molar-refractivity contribution >= 4 is 18.0 Å². The highest BCUT2D eigenvalue weighted by atomic mass is 16.5. The first-order valence-corrected chi connectivity index (χ1v) is 5.97. The number of aryl methyl sites for hydroxylation is 2. The Labute approximate surface area is 111 Å². The summed E-state index contributed by atoms with van der Waals surface area (Å²) in [5.41, 5.74) is 2.68. The van der Waals surface area contributed by atoms with Gasteiger partial charge in [-0.15, -0.1) is 0 Å². The average molecular weight is 260 g/mol. The van der Waals surface area contributed by atoms with Gasteiger partial charge in [0.25, 0.3) is 6.47 Å². The number of anilines is 2. The Bertz CT molecular complexity index is 566. The Balaban J connectivity index is 2.18. The van der Waals surface area contributed by atoms with Crippen LogP contribution in [0.15, 0.2) is 24.4 Å². The zero-order valence-corrected chi connectivity index (χ0v) is 11.0. The van der Waals surface area contributed by atoms with E-state index in [0.29, 0.717) is 19.5 Å². The van der Waals surface area contributed by atoms with E-state index in [1.54, 1.807) is 10.9 Å². The molecule has 0 aliphatic heterocycles. The first-order chi connectivity index (χ1) is 9.20. The van der Waals surface area contributed by atoms with Crippen LogP contribution in [-0.4, -0.2) is 27.8 Å². The quantitative estimate of drug-likeness (QED) is 0.631. The normalized spacial score (nSPS) is 10.2. The minimum Gasteiger partial charge on any atom is -0.467 e. The fourth-order valence-electron chi connectivity index (χ4n) is 1.75. The number of pyridine rings is 1. The van der Waals surface area contributed by atoms with Crippen molar-refractivity contribution in [1.82, 2.24) is 14.8 Å². The molecule has 1 N–H and O–H groups in total. The van der Waals surface area contributed by atoms with E-state index in [1.807, 2.05) is 32.2 Å². The van der Waals surface area contributed by atoms with E-state index in [1.165, 1.54) is 0 Å². The monoisotopic (exact) mass is 260 g/mol. The molecule has 0 unspecified atom stereocenters. The molecule has 0 radical (unpaired) electrons. The average Bonchev–Trinajstić information content (AvgIpc) is 2.78. The summed E-state index contributed by atoms with van der Waals surface area (Å²) in [4.78, 5) is 14.6. The van der Waals surface area contributed by atoms with Gasteiger partial charge < -0.3 is 10.1 Å². The van der Waals surface area contributed by atoms with E-state index in [2.05, 4.69) is 15.4 Å². The molecule has 0 fully saturated rings. The minimum atomic E-state index is 0.319. The number of nitrogens with one attached hydrogen (secondary N) is 1. The molecule has 0 atom stereocenters. The number of rotatable bonds is 6. The molecule has 0 aromatic carbocycles. The Morgan fingerprint density at radius 2 is 2.26 bits per heavy atom. The number of hydrogen-bond acceptors (Lipinski definition) is 5. The molecule has 6 heteroatoms. The molecule has 0 saturated heterocycles. The van der Waals surface area contributed by atoms with Crippen LogP contribution in [0.3, 0.4) is 0 Å². The van der Waals surface area contributed by atoms with E-state index in [-0.39, 0.29) is 0 Å². The van der Waals surface area contributed by atoms with Crippen molar-refractivity contribution < 1.29 is 9.53 Å². The molecule has 6 nitrogen and oxygen atoms in total. The molecule has 2 aromatic rings. The highest BCUT2D eigenvalue weighted by Crippen LogP contribution is 2.20. The molecule has 2 rings (SSSR count). The van der Waals surface area contributed by atoms with Gasteiger partial charge in [-0.1, -0.05) is 0 Å². The molecule has 0 saturated carbocycles. The Morgan fingerprint density at radius 3 is 2.95 bits per heavy atom. The number of carbonyl (C=O) groups excluding carboxylic acids is 1. The molecule has 0 bridgehead atoms. The maximum Gasteiger partial charge on any atom is 0.293 e. The van der Waals surface area contributed by atoms with Gasteiger partial charge in [-0.05, 0) is 19.1 Å². The van der Waals surface area contributed by atoms with Crippen molar-refractivity contribution in [2.45, 2.75) is 13.3 Å². The number of nitrogens with zero attached hydrogens (tertiary/aromatic N) is 3. The van der Waals surface area contributed by atoms with Gasteiger partial charge in [0.2, 0.25) is 0 Å². The van der Waals surface area contributed by atoms with E-state index in [0.717, 1.165) is 22.9 Å². The highest BCUT2D eigenvalue weighted by molar-refractivity contribution is 5.59. The fourth-order valence-corrected chi connectivity index (χ4v) is 1.75. The van der Waals surface area contributed by atoms with E-state index >= 15 is 0 Å². The van der Waals surface area contributed by atoms with Crippen molar-refractivity contribution in [3.63, 3.8) is 0 Å². The summed E-state index contributed by atoms with van der Waals surface area (Å²) in [5, 5.41) is 7.37. The lowest BCUT2D eigenvalue weighted by Crippen LogP contribution is -2.06. The van der Waals surface area contributed by atoms with Crippen LogP contribution in [0.2, 0.25) is 0 Å². The molecule has 0 aliphatic carbocycles. The topological polar surface area (TPSA) is 69.0 Å². The molecular formula is C13H16N4O2. The van der Waals surface area contributed by atoms with Crippen molar-refractivity contribution in [1.29, 1.82) is 0 Å². The zero-order valence-electron chi connectivity index (χ0n) is 11.0. The lowest BCUT2D eigenvalue weighted by molar-refractivity contribution is -0.128. The lowest BCUT2D eigenvalue weighted by Gasteiger charge is -2.11. The van der Waals surface area contributed by atoms with Crippen LogP contribution in [0, 0.1) is 6.92 Å². The predicted molar refractivity (Wildman–Crippen MR) is 71.2 cm³/mol. The second kappa shape index (κ2) is 5.99. The first kappa shape index (κ1) is 13.1. The second-order valence-corrected chi connectivity index (χ2v) is 4.13. The fraction of sp³-hybridized carbons (Fsp3) is 0.308. The Kier molecular flexibility index (Phi) is 4.12. The molecule has 19 heavy (non-hydrogen) atoms. The Morgan fingerprint density at radius 1 is 1.42 bits per heavy atom. The number of hydrogen-bond donors (Lipinski definition) is 1. The van der Waals surface area contributed by atoms with Gasteiger partial charge in [0, 0.05) is 25.2 Å². The summed E-state index contributed by atoms with van der Waals surface area (Å²) < 4.78 is 6.47. The van der Waals surface area contributed by atoms with Gasteiger partial charge >= 0.3 is 0 Å². The molecule has 2 heterocycles. The first-order valence-electron chi connectivity index (χ1n) is 5.97.